The Morgan fingerprint density at radius 1 is 1.05 bits per heavy atom. The van der Waals surface area contributed by atoms with Gasteiger partial charge in [-0.2, -0.15) is 0 Å². The zero-order chi connectivity index (χ0) is 13.3. The van der Waals surface area contributed by atoms with Crippen LogP contribution in [0.2, 0.25) is 0 Å². The third-order valence-corrected chi connectivity index (χ3v) is 5.23. The van der Waals surface area contributed by atoms with Crippen LogP contribution in [-0.2, 0) is 0 Å². The first-order chi connectivity index (χ1) is 9.21. The van der Waals surface area contributed by atoms with Gasteiger partial charge in [-0.15, -0.1) is 0 Å². The molecule has 2 aliphatic rings. The predicted octanol–water partition coefficient (Wildman–Crippen LogP) is 3.39. The first-order valence-corrected chi connectivity index (χ1v) is 7.69. The Morgan fingerprint density at radius 2 is 1.74 bits per heavy atom. The van der Waals surface area contributed by atoms with E-state index in [0.29, 0.717) is 5.41 Å². The van der Waals surface area contributed by atoms with Gasteiger partial charge in [0, 0.05) is 38.8 Å². The summed E-state index contributed by atoms with van der Waals surface area (Å²) in [7, 11) is 4.21. The van der Waals surface area contributed by atoms with Crippen LogP contribution in [0.25, 0.3) is 0 Å². The average Bonchev–Trinajstić information content (AvgIpc) is 2.83. The van der Waals surface area contributed by atoms with Crippen LogP contribution in [0.15, 0.2) is 24.3 Å². The lowest BCUT2D eigenvalue weighted by Gasteiger charge is -2.38. The van der Waals surface area contributed by atoms with Crippen LogP contribution in [0.4, 0.5) is 5.69 Å². The predicted molar refractivity (Wildman–Crippen MR) is 81.9 cm³/mol. The molecule has 1 aliphatic carbocycles. The molecule has 1 aromatic rings. The van der Waals surface area contributed by atoms with Crippen molar-refractivity contribution in [2.24, 2.45) is 5.41 Å². The average molecular weight is 258 g/mol. The summed E-state index contributed by atoms with van der Waals surface area (Å²) in [6.45, 7) is 2.40. The van der Waals surface area contributed by atoms with Gasteiger partial charge in [-0.1, -0.05) is 31.4 Å². The molecule has 1 unspecified atom stereocenters. The van der Waals surface area contributed by atoms with E-state index >= 15 is 0 Å². The Bertz CT molecular complexity index is 415. The van der Waals surface area contributed by atoms with E-state index in [9.17, 15) is 0 Å². The lowest BCUT2D eigenvalue weighted by atomic mass is 9.66. The smallest absolute Gasteiger partial charge is 0.0361 e. The molecule has 0 aromatic heterocycles. The van der Waals surface area contributed by atoms with E-state index < -0.39 is 0 Å². The molecule has 0 radical (unpaired) electrons. The zero-order valence-corrected chi connectivity index (χ0v) is 12.3. The van der Waals surface area contributed by atoms with Crippen LogP contribution in [-0.4, -0.2) is 27.2 Å². The molecule has 0 amide bonds. The zero-order valence-electron chi connectivity index (χ0n) is 12.3. The molecule has 2 fully saturated rings. The fourth-order valence-corrected chi connectivity index (χ4v) is 4.06. The number of anilines is 1. The van der Waals surface area contributed by atoms with Crippen molar-refractivity contribution >= 4 is 5.69 Å². The van der Waals surface area contributed by atoms with Crippen molar-refractivity contribution in [3.05, 3.63) is 29.8 Å². The van der Waals surface area contributed by atoms with E-state index in [4.69, 9.17) is 0 Å². The van der Waals surface area contributed by atoms with E-state index in [1.807, 2.05) is 0 Å². The highest BCUT2D eigenvalue weighted by atomic mass is 15.1. The molecule has 1 spiro atoms. The Hall–Kier alpha value is -1.02. The van der Waals surface area contributed by atoms with Gasteiger partial charge in [-0.3, -0.25) is 0 Å². The molecule has 2 nitrogen and oxygen atoms in total. The van der Waals surface area contributed by atoms with E-state index in [1.54, 1.807) is 0 Å². The molecule has 1 aliphatic heterocycles. The summed E-state index contributed by atoms with van der Waals surface area (Å²) in [5.41, 5.74) is 3.39. The standard InChI is InChI=1S/C17H26N2/c1-19(2)15-8-6-14(7-9-15)16-12-18-13-17(16)10-4-3-5-11-17/h6-9,16,18H,3-5,10-13H2,1-2H3. The van der Waals surface area contributed by atoms with Crippen molar-refractivity contribution in [2.45, 2.75) is 38.0 Å². The fourth-order valence-electron chi connectivity index (χ4n) is 4.06. The van der Waals surface area contributed by atoms with E-state index in [1.165, 1.54) is 56.4 Å². The van der Waals surface area contributed by atoms with Gasteiger partial charge in [0.2, 0.25) is 0 Å². The number of rotatable bonds is 2. The van der Waals surface area contributed by atoms with E-state index in [2.05, 4.69) is 48.6 Å². The van der Waals surface area contributed by atoms with Crippen molar-refractivity contribution in [1.82, 2.24) is 5.32 Å². The highest BCUT2D eigenvalue weighted by Crippen LogP contribution is 2.49. The molecule has 3 rings (SSSR count). The second kappa shape index (κ2) is 5.16. The van der Waals surface area contributed by atoms with Crippen molar-refractivity contribution in [3.63, 3.8) is 0 Å². The molecule has 2 heteroatoms. The van der Waals surface area contributed by atoms with Crippen LogP contribution >= 0.6 is 0 Å². The molecular weight excluding hydrogens is 232 g/mol. The summed E-state index contributed by atoms with van der Waals surface area (Å²) in [6, 6.07) is 9.24. The van der Waals surface area contributed by atoms with Crippen molar-refractivity contribution in [2.75, 3.05) is 32.1 Å². The van der Waals surface area contributed by atoms with Crippen LogP contribution in [0.5, 0.6) is 0 Å². The van der Waals surface area contributed by atoms with E-state index in [0.717, 1.165) is 5.92 Å². The second-order valence-electron chi connectivity index (χ2n) is 6.59. The molecule has 1 atom stereocenters. The lowest BCUT2D eigenvalue weighted by Crippen LogP contribution is -2.31. The van der Waals surface area contributed by atoms with Crippen LogP contribution in [0, 0.1) is 5.41 Å². The molecule has 1 saturated carbocycles. The van der Waals surface area contributed by atoms with Gasteiger partial charge in [-0.05, 0) is 36.0 Å². The molecule has 1 N–H and O–H groups in total. The van der Waals surface area contributed by atoms with Gasteiger partial charge >= 0.3 is 0 Å². The normalized spacial score (nSPS) is 25.7. The van der Waals surface area contributed by atoms with Crippen molar-refractivity contribution in [1.29, 1.82) is 0 Å². The third-order valence-electron chi connectivity index (χ3n) is 5.23. The maximum atomic E-state index is 3.66. The van der Waals surface area contributed by atoms with Crippen LogP contribution in [0.3, 0.4) is 0 Å². The number of benzene rings is 1. The summed E-state index contributed by atoms with van der Waals surface area (Å²) >= 11 is 0. The molecule has 1 saturated heterocycles. The quantitative estimate of drug-likeness (QED) is 0.874. The molecular formula is C17H26N2. The van der Waals surface area contributed by atoms with Crippen molar-refractivity contribution in [3.8, 4) is 0 Å². The first-order valence-electron chi connectivity index (χ1n) is 7.69. The largest absolute Gasteiger partial charge is 0.378 e. The van der Waals surface area contributed by atoms with Gasteiger partial charge in [-0.25, -0.2) is 0 Å². The SMILES string of the molecule is CN(C)c1ccc(C2CNCC23CCCCC3)cc1. The highest BCUT2D eigenvalue weighted by Gasteiger charge is 2.43. The summed E-state index contributed by atoms with van der Waals surface area (Å²) in [5.74, 6) is 0.726. The molecule has 1 heterocycles. The minimum absolute atomic E-state index is 0.553. The monoisotopic (exact) mass is 258 g/mol. The Balaban J connectivity index is 1.84. The lowest BCUT2D eigenvalue weighted by molar-refractivity contribution is 0.189. The molecule has 0 bridgehead atoms. The first kappa shape index (κ1) is 13.0. The Morgan fingerprint density at radius 3 is 2.37 bits per heavy atom. The maximum Gasteiger partial charge on any atom is 0.0361 e. The van der Waals surface area contributed by atoms with Gasteiger partial charge < -0.3 is 10.2 Å². The maximum absolute atomic E-state index is 3.66. The number of hydrogen-bond acceptors (Lipinski definition) is 2. The van der Waals surface area contributed by atoms with Gasteiger partial charge in [0.15, 0.2) is 0 Å². The molecule has 1 aromatic carbocycles. The fraction of sp³-hybridized carbons (Fsp3) is 0.647. The van der Waals surface area contributed by atoms with Gasteiger partial charge in [0.1, 0.15) is 0 Å². The molecule has 104 valence electrons. The minimum Gasteiger partial charge on any atom is -0.378 e. The summed E-state index contributed by atoms with van der Waals surface area (Å²) in [6.07, 6.45) is 7.12. The van der Waals surface area contributed by atoms with Crippen molar-refractivity contribution < 1.29 is 0 Å². The third kappa shape index (κ3) is 2.38. The minimum atomic E-state index is 0.553. The topological polar surface area (TPSA) is 15.3 Å². The summed E-state index contributed by atoms with van der Waals surface area (Å²) < 4.78 is 0. The highest BCUT2D eigenvalue weighted by molar-refractivity contribution is 5.47. The summed E-state index contributed by atoms with van der Waals surface area (Å²) in [5, 5.41) is 3.66. The number of nitrogens with zero attached hydrogens (tertiary/aromatic N) is 1. The number of hydrogen-bond donors (Lipinski definition) is 1. The summed E-state index contributed by atoms with van der Waals surface area (Å²) in [4.78, 5) is 2.17. The van der Waals surface area contributed by atoms with E-state index in [-0.39, 0.29) is 0 Å². The Kier molecular flexibility index (Phi) is 3.53. The van der Waals surface area contributed by atoms with Crippen LogP contribution < -0.4 is 10.2 Å². The number of nitrogens with one attached hydrogen (secondary N) is 1. The van der Waals surface area contributed by atoms with Gasteiger partial charge in [0.25, 0.3) is 0 Å². The second-order valence-corrected chi connectivity index (χ2v) is 6.59. The molecule has 19 heavy (non-hydrogen) atoms. The Labute approximate surface area is 117 Å². The van der Waals surface area contributed by atoms with Gasteiger partial charge in [0.05, 0.1) is 0 Å². The van der Waals surface area contributed by atoms with Crippen LogP contribution in [0.1, 0.15) is 43.6 Å².